The van der Waals surface area contributed by atoms with Gasteiger partial charge in [-0.1, -0.05) is 35.9 Å². The van der Waals surface area contributed by atoms with Crippen LogP contribution in [0.4, 0.5) is 5.69 Å². The molecular weight excluding hydrogens is 482 g/mol. The predicted molar refractivity (Wildman–Crippen MR) is 153 cm³/mol. The largest absolute Gasteiger partial charge is 0.472 e. The number of halogens is 1. The lowest BCUT2D eigenvalue weighted by Gasteiger charge is -2.30. The van der Waals surface area contributed by atoms with E-state index in [0.29, 0.717) is 12.8 Å². The van der Waals surface area contributed by atoms with Crippen molar-refractivity contribution in [3.05, 3.63) is 88.6 Å². The molecule has 2 aromatic rings. The first kappa shape index (κ1) is 25.9. The SMILES string of the molecule is CCN(c1ccc(Cl)cc1)[C@@H]1CCN(CCC=C2C3=CC=CCN3COc3ccc(C(C)(C)O)cc32)C1. The highest BCUT2D eigenvalue weighted by Crippen LogP contribution is 2.39. The van der Waals surface area contributed by atoms with Crippen LogP contribution in [0.2, 0.25) is 5.02 Å². The first-order chi connectivity index (χ1) is 17.8. The lowest BCUT2D eigenvalue weighted by molar-refractivity contribution is 0.0785. The maximum absolute atomic E-state index is 10.7. The quantitative estimate of drug-likeness (QED) is 0.482. The number of benzene rings is 2. The van der Waals surface area contributed by atoms with Gasteiger partial charge in [-0.25, -0.2) is 0 Å². The zero-order valence-electron chi connectivity index (χ0n) is 22.2. The number of ether oxygens (including phenoxy) is 1. The number of hydrogen-bond donors (Lipinski definition) is 1. The molecule has 1 saturated heterocycles. The molecule has 0 radical (unpaired) electrons. The highest BCUT2D eigenvalue weighted by atomic mass is 35.5. The average Bonchev–Trinajstić information content (AvgIpc) is 3.28. The maximum atomic E-state index is 10.7. The van der Waals surface area contributed by atoms with Crippen molar-refractivity contribution in [2.45, 2.75) is 45.3 Å². The number of anilines is 1. The van der Waals surface area contributed by atoms with Crippen LogP contribution in [0.3, 0.4) is 0 Å². The van der Waals surface area contributed by atoms with Crippen molar-refractivity contribution >= 4 is 22.9 Å². The predicted octanol–water partition coefficient (Wildman–Crippen LogP) is 6.05. The minimum atomic E-state index is -0.910. The second kappa shape index (κ2) is 10.9. The van der Waals surface area contributed by atoms with E-state index >= 15 is 0 Å². The fourth-order valence-corrected chi connectivity index (χ4v) is 5.75. The first-order valence-corrected chi connectivity index (χ1v) is 13.8. The Labute approximate surface area is 226 Å². The third-order valence-electron chi connectivity index (χ3n) is 7.67. The maximum Gasteiger partial charge on any atom is 0.161 e. The summed E-state index contributed by atoms with van der Waals surface area (Å²) in [6.07, 6.45) is 11.0. The highest BCUT2D eigenvalue weighted by molar-refractivity contribution is 6.30. The number of fused-ring (bicyclic) bond motifs is 2. The summed E-state index contributed by atoms with van der Waals surface area (Å²) in [6, 6.07) is 14.8. The lowest BCUT2D eigenvalue weighted by atomic mass is 9.91. The standard InChI is InChI=1S/C31H38ClN3O2/c1-4-35(25-13-11-24(32)12-14-25)26-16-19-33(21-26)17-7-8-27-28-20-23(31(2,3)36)10-15-30(28)37-22-34-18-6-5-9-29(27)34/h5-6,8-15,20,26,36H,4,7,16-19,21-22H2,1-3H3/t26-/m1/s1. The molecule has 1 fully saturated rings. The second-order valence-corrected chi connectivity index (χ2v) is 11.1. The van der Waals surface area contributed by atoms with E-state index in [9.17, 15) is 5.11 Å². The fourth-order valence-electron chi connectivity index (χ4n) is 5.63. The van der Waals surface area contributed by atoms with Crippen molar-refractivity contribution in [2.24, 2.45) is 0 Å². The smallest absolute Gasteiger partial charge is 0.161 e. The molecule has 6 heteroatoms. The van der Waals surface area contributed by atoms with E-state index in [2.05, 4.69) is 64.1 Å². The summed E-state index contributed by atoms with van der Waals surface area (Å²) < 4.78 is 6.20. The minimum Gasteiger partial charge on any atom is -0.472 e. The molecule has 0 spiro atoms. The Bertz CT molecular complexity index is 1200. The van der Waals surface area contributed by atoms with Crippen LogP contribution in [-0.4, -0.2) is 60.4 Å². The van der Waals surface area contributed by atoms with Gasteiger partial charge in [0.15, 0.2) is 6.73 Å². The number of nitrogens with zero attached hydrogens (tertiary/aromatic N) is 3. The summed E-state index contributed by atoms with van der Waals surface area (Å²) in [4.78, 5) is 7.35. The molecule has 196 valence electrons. The van der Waals surface area contributed by atoms with E-state index in [1.807, 2.05) is 38.1 Å². The molecule has 2 aromatic carbocycles. The van der Waals surface area contributed by atoms with E-state index < -0.39 is 5.60 Å². The second-order valence-electron chi connectivity index (χ2n) is 10.7. The fraction of sp³-hybridized carbons (Fsp3) is 0.419. The Kier molecular flexibility index (Phi) is 7.66. The van der Waals surface area contributed by atoms with Crippen molar-refractivity contribution in [1.29, 1.82) is 0 Å². The molecule has 37 heavy (non-hydrogen) atoms. The van der Waals surface area contributed by atoms with Gasteiger partial charge in [-0.2, -0.15) is 0 Å². The number of likely N-dealkylation sites (tertiary alicyclic amines) is 1. The topological polar surface area (TPSA) is 39.2 Å². The molecular formula is C31H38ClN3O2. The zero-order valence-corrected chi connectivity index (χ0v) is 22.9. The molecule has 0 saturated carbocycles. The van der Waals surface area contributed by atoms with Gasteiger partial charge in [0, 0.05) is 66.3 Å². The Hall–Kier alpha value is -2.73. The summed E-state index contributed by atoms with van der Waals surface area (Å²) in [6.45, 7) is 11.4. The van der Waals surface area contributed by atoms with Gasteiger partial charge in [-0.05, 0) is 81.7 Å². The first-order valence-electron chi connectivity index (χ1n) is 13.4. The average molecular weight is 520 g/mol. The van der Waals surface area contributed by atoms with E-state index in [-0.39, 0.29) is 0 Å². The molecule has 0 aromatic heterocycles. The van der Waals surface area contributed by atoms with Crippen LogP contribution in [0.25, 0.3) is 5.57 Å². The third-order valence-corrected chi connectivity index (χ3v) is 7.92. The number of allylic oxidation sites excluding steroid dienone is 3. The Morgan fingerprint density at radius 3 is 2.76 bits per heavy atom. The van der Waals surface area contributed by atoms with Gasteiger partial charge in [0.25, 0.3) is 0 Å². The van der Waals surface area contributed by atoms with Crippen LogP contribution in [0.15, 0.2) is 72.5 Å². The Balaban J connectivity index is 1.33. The van der Waals surface area contributed by atoms with Crippen LogP contribution in [-0.2, 0) is 5.60 Å². The molecule has 0 aliphatic carbocycles. The molecule has 5 rings (SSSR count). The van der Waals surface area contributed by atoms with Crippen molar-refractivity contribution in [1.82, 2.24) is 9.80 Å². The van der Waals surface area contributed by atoms with Gasteiger partial charge >= 0.3 is 0 Å². The Morgan fingerprint density at radius 1 is 1.19 bits per heavy atom. The van der Waals surface area contributed by atoms with Gasteiger partial charge in [0.05, 0.1) is 5.60 Å². The molecule has 5 nitrogen and oxygen atoms in total. The van der Waals surface area contributed by atoms with E-state index in [4.69, 9.17) is 16.3 Å². The van der Waals surface area contributed by atoms with Crippen molar-refractivity contribution in [3.8, 4) is 5.75 Å². The summed E-state index contributed by atoms with van der Waals surface area (Å²) in [5, 5.41) is 11.5. The molecule has 0 bridgehead atoms. The minimum absolute atomic E-state index is 0.516. The van der Waals surface area contributed by atoms with Crippen LogP contribution < -0.4 is 9.64 Å². The van der Waals surface area contributed by atoms with Gasteiger partial charge < -0.3 is 24.5 Å². The number of rotatable bonds is 7. The molecule has 3 heterocycles. The van der Waals surface area contributed by atoms with Gasteiger partial charge in [0.1, 0.15) is 5.75 Å². The number of hydrogen-bond acceptors (Lipinski definition) is 5. The van der Waals surface area contributed by atoms with Gasteiger partial charge in [-0.15, -0.1) is 0 Å². The Morgan fingerprint density at radius 2 is 2.00 bits per heavy atom. The van der Waals surface area contributed by atoms with Gasteiger partial charge in [0.2, 0.25) is 0 Å². The molecule has 1 atom stereocenters. The van der Waals surface area contributed by atoms with E-state index in [0.717, 1.165) is 61.0 Å². The van der Waals surface area contributed by atoms with Crippen LogP contribution in [0, 0.1) is 0 Å². The molecule has 3 aliphatic rings. The van der Waals surface area contributed by atoms with Crippen molar-refractivity contribution in [2.75, 3.05) is 44.4 Å². The summed E-state index contributed by atoms with van der Waals surface area (Å²) in [7, 11) is 0. The summed E-state index contributed by atoms with van der Waals surface area (Å²) in [5.74, 6) is 0.873. The number of likely N-dealkylation sites (N-methyl/N-ethyl adjacent to an activating group) is 1. The molecule has 0 unspecified atom stereocenters. The molecule has 1 N–H and O–H groups in total. The van der Waals surface area contributed by atoms with E-state index in [1.54, 1.807) is 0 Å². The summed E-state index contributed by atoms with van der Waals surface area (Å²) >= 11 is 6.12. The molecule has 3 aliphatic heterocycles. The number of aliphatic hydroxyl groups is 1. The van der Waals surface area contributed by atoms with Crippen LogP contribution in [0.5, 0.6) is 5.75 Å². The van der Waals surface area contributed by atoms with Crippen molar-refractivity contribution in [3.63, 3.8) is 0 Å². The zero-order chi connectivity index (χ0) is 26.0. The molecule has 0 amide bonds. The normalized spacial score (nSPS) is 20.8. The summed E-state index contributed by atoms with van der Waals surface area (Å²) in [5.41, 5.74) is 4.67. The monoisotopic (exact) mass is 519 g/mol. The van der Waals surface area contributed by atoms with Crippen LogP contribution >= 0.6 is 11.6 Å². The van der Waals surface area contributed by atoms with Crippen molar-refractivity contribution < 1.29 is 9.84 Å². The van der Waals surface area contributed by atoms with E-state index in [1.165, 1.54) is 23.4 Å². The lowest BCUT2D eigenvalue weighted by Crippen LogP contribution is -2.37. The third kappa shape index (κ3) is 5.74. The van der Waals surface area contributed by atoms with Gasteiger partial charge in [-0.3, -0.25) is 0 Å². The van der Waals surface area contributed by atoms with Crippen LogP contribution in [0.1, 0.15) is 44.7 Å². The highest BCUT2D eigenvalue weighted by Gasteiger charge is 2.28.